The van der Waals surface area contributed by atoms with E-state index in [1.165, 1.54) is 23.0 Å². The summed E-state index contributed by atoms with van der Waals surface area (Å²) in [5, 5.41) is 0. The van der Waals surface area contributed by atoms with Crippen LogP contribution in [0, 0.1) is 18.6 Å². The molecule has 2 radical (unpaired) electrons. The second kappa shape index (κ2) is 5.21. The van der Waals surface area contributed by atoms with Gasteiger partial charge in [0, 0.05) is 24.0 Å². The number of rotatable bonds is 3. The van der Waals surface area contributed by atoms with E-state index in [1.807, 2.05) is 0 Å². The molecular formula is C12H9BF2N2O2. The smallest absolute Gasteiger partial charge is 0.378 e. The van der Waals surface area contributed by atoms with Gasteiger partial charge in [-0.05, 0) is 13.0 Å². The molecule has 0 N–H and O–H groups in total. The molecule has 0 saturated carbocycles. The van der Waals surface area contributed by atoms with Crippen LogP contribution < -0.4 is 0 Å². The molecule has 1 unspecified atom stereocenters. The van der Waals surface area contributed by atoms with Crippen LogP contribution in [0.1, 0.15) is 17.4 Å². The van der Waals surface area contributed by atoms with Crippen molar-refractivity contribution in [2.75, 3.05) is 0 Å². The molecular weight excluding hydrogens is 253 g/mol. The predicted octanol–water partition coefficient (Wildman–Crippen LogP) is 1.69. The maximum atomic E-state index is 13.8. The second-order valence-corrected chi connectivity index (χ2v) is 3.89. The van der Waals surface area contributed by atoms with Gasteiger partial charge >= 0.3 is 14.0 Å². The van der Waals surface area contributed by atoms with E-state index < -0.39 is 23.6 Å². The molecule has 0 saturated heterocycles. The summed E-state index contributed by atoms with van der Waals surface area (Å²) in [5.41, 5.74) is -0.0436. The summed E-state index contributed by atoms with van der Waals surface area (Å²) in [5.74, 6) is -1.99. The average molecular weight is 262 g/mol. The number of halogens is 2. The van der Waals surface area contributed by atoms with Gasteiger partial charge in [0.25, 0.3) is 0 Å². The molecule has 0 amide bonds. The second-order valence-electron chi connectivity index (χ2n) is 3.89. The topological polar surface area (TPSA) is 44.1 Å². The minimum Gasteiger partial charge on any atom is -0.542 e. The van der Waals surface area contributed by atoms with Crippen molar-refractivity contribution < 1.29 is 18.2 Å². The average Bonchev–Trinajstić information content (AvgIpc) is 2.78. The molecule has 0 fully saturated rings. The van der Waals surface area contributed by atoms with Crippen LogP contribution in [0.15, 0.2) is 30.6 Å². The number of imidazole rings is 1. The Morgan fingerprint density at radius 3 is 2.74 bits per heavy atom. The Morgan fingerprint density at radius 1 is 1.47 bits per heavy atom. The molecule has 0 aliphatic rings. The normalized spacial score (nSPS) is 12.2. The number of hydrogen-bond acceptors (Lipinski definition) is 3. The first-order valence-electron chi connectivity index (χ1n) is 5.39. The maximum absolute atomic E-state index is 13.8. The van der Waals surface area contributed by atoms with Gasteiger partial charge in [-0.25, -0.2) is 13.8 Å². The zero-order valence-electron chi connectivity index (χ0n) is 10.0. The lowest BCUT2D eigenvalue weighted by atomic mass is 10.1. The summed E-state index contributed by atoms with van der Waals surface area (Å²) in [7, 11) is 4.87. The van der Waals surface area contributed by atoms with E-state index in [0.29, 0.717) is 11.9 Å². The molecule has 2 rings (SSSR count). The first-order valence-corrected chi connectivity index (χ1v) is 5.39. The van der Waals surface area contributed by atoms with Gasteiger partial charge in [-0.3, -0.25) is 4.79 Å². The predicted molar refractivity (Wildman–Crippen MR) is 63.3 cm³/mol. The fourth-order valence-electron chi connectivity index (χ4n) is 1.84. The van der Waals surface area contributed by atoms with Crippen LogP contribution >= 0.6 is 0 Å². The van der Waals surface area contributed by atoms with Crippen molar-refractivity contribution in [3.63, 3.8) is 0 Å². The number of carbonyl (C=O) groups excluding carboxylic acids is 1. The van der Waals surface area contributed by atoms with E-state index in [4.69, 9.17) is 8.05 Å². The number of aryl methyl sites for hydroxylation is 1. The molecule has 2 aromatic rings. The largest absolute Gasteiger partial charge is 0.542 e. The Labute approximate surface area is 109 Å². The molecule has 1 aromatic carbocycles. The van der Waals surface area contributed by atoms with Gasteiger partial charge in [0.2, 0.25) is 0 Å². The van der Waals surface area contributed by atoms with E-state index >= 15 is 0 Å². The first-order chi connectivity index (χ1) is 9.04. The molecule has 1 atom stereocenters. The van der Waals surface area contributed by atoms with Crippen molar-refractivity contribution >= 4 is 14.0 Å². The van der Waals surface area contributed by atoms with Gasteiger partial charge < -0.3 is 9.22 Å². The van der Waals surface area contributed by atoms with Gasteiger partial charge in [-0.1, -0.05) is 6.07 Å². The highest BCUT2D eigenvalue weighted by Gasteiger charge is 2.27. The molecule has 19 heavy (non-hydrogen) atoms. The van der Waals surface area contributed by atoms with Gasteiger partial charge in [-0.15, -0.1) is 0 Å². The third-order valence-electron chi connectivity index (χ3n) is 2.74. The number of aromatic nitrogens is 2. The van der Waals surface area contributed by atoms with E-state index in [2.05, 4.69) is 9.64 Å². The van der Waals surface area contributed by atoms with Crippen molar-refractivity contribution in [2.24, 2.45) is 0 Å². The monoisotopic (exact) mass is 262 g/mol. The first kappa shape index (κ1) is 13.3. The van der Waals surface area contributed by atoms with E-state index in [-0.39, 0.29) is 5.56 Å². The zero-order chi connectivity index (χ0) is 14.0. The fraction of sp³-hybridized carbons (Fsp3) is 0.167. The molecule has 96 valence electrons. The van der Waals surface area contributed by atoms with Crippen LogP contribution in [-0.4, -0.2) is 23.6 Å². The summed E-state index contributed by atoms with van der Waals surface area (Å²) >= 11 is 0. The molecule has 0 aliphatic carbocycles. The number of benzene rings is 1. The Balaban J connectivity index is 2.56. The highest BCUT2D eigenvalue weighted by molar-refractivity contribution is 6.06. The summed E-state index contributed by atoms with van der Waals surface area (Å²) in [6.07, 6.45) is 2.94. The van der Waals surface area contributed by atoms with Crippen LogP contribution in [0.5, 0.6) is 0 Å². The third-order valence-corrected chi connectivity index (χ3v) is 2.74. The zero-order valence-corrected chi connectivity index (χ0v) is 10.0. The number of hydrogen-bond donors (Lipinski definition) is 0. The third kappa shape index (κ3) is 2.49. The molecule has 0 spiro atoms. The highest BCUT2D eigenvalue weighted by atomic mass is 19.1. The molecule has 7 heteroatoms. The van der Waals surface area contributed by atoms with Crippen LogP contribution in [0.2, 0.25) is 0 Å². The summed E-state index contributed by atoms with van der Waals surface area (Å²) in [6, 6.07) is 1.78. The van der Waals surface area contributed by atoms with Crippen molar-refractivity contribution in [2.45, 2.75) is 13.0 Å². The molecule has 1 aromatic heterocycles. The van der Waals surface area contributed by atoms with Crippen LogP contribution in [0.4, 0.5) is 8.78 Å². The Kier molecular flexibility index (Phi) is 3.64. The van der Waals surface area contributed by atoms with Gasteiger partial charge in [0.1, 0.15) is 17.5 Å². The van der Waals surface area contributed by atoms with E-state index in [0.717, 1.165) is 6.07 Å². The van der Waals surface area contributed by atoms with E-state index in [9.17, 15) is 13.6 Å². The van der Waals surface area contributed by atoms with Crippen LogP contribution in [-0.2, 0) is 9.45 Å². The summed E-state index contributed by atoms with van der Waals surface area (Å²) in [4.78, 5) is 15.7. The SMILES string of the molecule is [B]OC(=O)C(c1ccc(F)cc1F)n1ccnc1C. The van der Waals surface area contributed by atoms with Crippen molar-refractivity contribution in [3.8, 4) is 0 Å². The molecule has 4 nitrogen and oxygen atoms in total. The minimum atomic E-state index is -1.15. The van der Waals surface area contributed by atoms with Crippen molar-refractivity contribution in [1.82, 2.24) is 9.55 Å². The Hall–Kier alpha value is -2.18. The lowest BCUT2D eigenvalue weighted by molar-refractivity contribution is -0.136. The standard InChI is InChI=1S/C12H9BF2N2O2/c1-7-16-4-5-17(7)11(12(18)19-13)9-3-2-8(14)6-10(9)15/h2-6,11H,1H3. The number of nitrogens with zero attached hydrogens (tertiary/aromatic N) is 2. The minimum absolute atomic E-state index is 0.0436. The lowest BCUT2D eigenvalue weighted by Gasteiger charge is -2.19. The van der Waals surface area contributed by atoms with Gasteiger partial charge in [0.15, 0.2) is 6.04 Å². The Morgan fingerprint density at radius 2 is 2.21 bits per heavy atom. The summed E-state index contributed by atoms with van der Waals surface area (Å²) < 4.78 is 32.3. The summed E-state index contributed by atoms with van der Waals surface area (Å²) in [6.45, 7) is 1.64. The van der Waals surface area contributed by atoms with Crippen molar-refractivity contribution in [3.05, 3.63) is 53.6 Å². The number of carbonyl (C=O) groups is 1. The van der Waals surface area contributed by atoms with Crippen LogP contribution in [0.25, 0.3) is 0 Å². The maximum Gasteiger partial charge on any atom is 0.378 e. The quantitative estimate of drug-likeness (QED) is 0.790. The fourth-order valence-corrected chi connectivity index (χ4v) is 1.84. The molecule has 1 heterocycles. The molecule has 0 bridgehead atoms. The van der Waals surface area contributed by atoms with Gasteiger partial charge in [-0.2, -0.15) is 0 Å². The highest BCUT2D eigenvalue weighted by Crippen LogP contribution is 2.24. The lowest BCUT2D eigenvalue weighted by Crippen LogP contribution is -2.24. The van der Waals surface area contributed by atoms with Crippen molar-refractivity contribution in [1.29, 1.82) is 0 Å². The molecule has 0 aliphatic heterocycles. The van der Waals surface area contributed by atoms with E-state index in [1.54, 1.807) is 6.92 Å². The van der Waals surface area contributed by atoms with Gasteiger partial charge in [0.05, 0.1) is 0 Å². The Bertz CT molecular complexity index is 616. The van der Waals surface area contributed by atoms with Crippen LogP contribution in [0.3, 0.4) is 0 Å².